The SMILES string of the molecule is Cc1c(C)n(Cc2ccco2)c2ncn3nc(CON=Cc4ccc(Cl)cc4)nc3c12. The second kappa shape index (κ2) is 7.88. The maximum atomic E-state index is 5.88. The summed E-state index contributed by atoms with van der Waals surface area (Å²) < 4.78 is 9.32. The van der Waals surface area contributed by atoms with Crippen LogP contribution in [-0.4, -0.2) is 30.4 Å². The van der Waals surface area contributed by atoms with Crippen LogP contribution in [0, 0.1) is 13.8 Å². The number of halogens is 1. The maximum Gasteiger partial charge on any atom is 0.192 e. The highest BCUT2D eigenvalue weighted by Crippen LogP contribution is 2.27. The molecule has 9 heteroatoms. The van der Waals surface area contributed by atoms with Gasteiger partial charge in [-0.3, -0.25) is 0 Å². The first kappa shape index (κ1) is 19.3. The smallest absolute Gasteiger partial charge is 0.192 e. The number of aryl methyl sites for hydroxylation is 1. The Hall–Kier alpha value is -3.65. The Morgan fingerprint density at radius 1 is 1.16 bits per heavy atom. The van der Waals surface area contributed by atoms with Crippen molar-refractivity contribution < 1.29 is 9.25 Å². The maximum absolute atomic E-state index is 5.88. The summed E-state index contributed by atoms with van der Waals surface area (Å²) in [6.45, 7) is 4.90. The number of hydrogen-bond acceptors (Lipinski definition) is 6. The van der Waals surface area contributed by atoms with Crippen molar-refractivity contribution in [3.63, 3.8) is 0 Å². The highest BCUT2D eigenvalue weighted by atomic mass is 35.5. The van der Waals surface area contributed by atoms with Gasteiger partial charge in [0.2, 0.25) is 0 Å². The summed E-state index contributed by atoms with van der Waals surface area (Å²) in [5.74, 6) is 1.40. The molecule has 0 atom stereocenters. The van der Waals surface area contributed by atoms with Gasteiger partial charge in [0.1, 0.15) is 17.7 Å². The van der Waals surface area contributed by atoms with E-state index in [-0.39, 0.29) is 6.61 Å². The van der Waals surface area contributed by atoms with Gasteiger partial charge in [0.15, 0.2) is 18.1 Å². The molecule has 31 heavy (non-hydrogen) atoms. The molecule has 1 aromatic carbocycles. The fourth-order valence-electron chi connectivity index (χ4n) is 3.53. The molecule has 5 aromatic rings. The van der Waals surface area contributed by atoms with Crippen LogP contribution < -0.4 is 0 Å². The molecule has 0 aliphatic heterocycles. The summed E-state index contributed by atoms with van der Waals surface area (Å²) in [5, 5.41) is 10.1. The van der Waals surface area contributed by atoms with Crippen molar-refractivity contribution in [3.05, 3.63) is 82.4 Å². The normalized spacial score (nSPS) is 11.8. The average molecular weight is 435 g/mol. The number of rotatable bonds is 6. The molecular formula is C22H19ClN6O2. The minimum absolute atomic E-state index is 0.151. The Bertz CT molecular complexity index is 1380. The lowest BCUT2D eigenvalue weighted by Gasteiger charge is -2.05. The standard InChI is InChI=1S/C22H19ClN6O2/c1-14-15(2)28(11-18-4-3-9-30-18)21-20(14)22-26-19(27-29(22)13-24-21)12-31-25-10-16-5-7-17(23)8-6-16/h3-10,13H,11-12H2,1-2H3. The molecule has 156 valence electrons. The number of hydrogen-bond donors (Lipinski definition) is 0. The van der Waals surface area contributed by atoms with Gasteiger partial charge in [0, 0.05) is 10.7 Å². The lowest BCUT2D eigenvalue weighted by Crippen LogP contribution is -2.02. The molecule has 0 radical (unpaired) electrons. The van der Waals surface area contributed by atoms with Gasteiger partial charge < -0.3 is 13.8 Å². The van der Waals surface area contributed by atoms with E-state index < -0.39 is 0 Å². The van der Waals surface area contributed by atoms with E-state index in [0.717, 1.165) is 39.3 Å². The molecule has 0 spiro atoms. The molecule has 0 aliphatic rings. The monoisotopic (exact) mass is 434 g/mol. The topological polar surface area (TPSA) is 82.7 Å². The van der Waals surface area contributed by atoms with E-state index >= 15 is 0 Å². The van der Waals surface area contributed by atoms with Gasteiger partial charge in [-0.25, -0.2) is 14.5 Å². The molecular weight excluding hydrogens is 416 g/mol. The number of fused-ring (bicyclic) bond motifs is 3. The van der Waals surface area contributed by atoms with Crippen molar-refractivity contribution in [1.82, 2.24) is 24.1 Å². The Morgan fingerprint density at radius 2 is 2.00 bits per heavy atom. The van der Waals surface area contributed by atoms with Crippen LogP contribution in [0.1, 0.15) is 28.4 Å². The Balaban J connectivity index is 1.41. The molecule has 5 rings (SSSR count). The Labute approximate surface area is 182 Å². The first-order chi connectivity index (χ1) is 15.1. The van der Waals surface area contributed by atoms with E-state index in [9.17, 15) is 0 Å². The predicted molar refractivity (Wildman–Crippen MR) is 117 cm³/mol. The van der Waals surface area contributed by atoms with Gasteiger partial charge in [0.05, 0.1) is 24.4 Å². The van der Waals surface area contributed by atoms with Crippen molar-refractivity contribution in [3.8, 4) is 0 Å². The quantitative estimate of drug-likeness (QED) is 0.289. The van der Waals surface area contributed by atoms with E-state index in [0.29, 0.717) is 17.4 Å². The van der Waals surface area contributed by atoms with Crippen LogP contribution >= 0.6 is 11.6 Å². The van der Waals surface area contributed by atoms with Crippen LogP contribution in [0.2, 0.25) is 5.02 Å². The Kier molecular flexibility index (Phi) is 4.91. The summed E-state index contributed by atoms with van der Waals surface area (Å²) in [6, 6.07) is 11.2. The van der Waals surface area contributed by atoms with Crippen LogP contribution in [0.4, 0.5) is 0 Å². The van der Waals surface area contributed by atoms with Gasteiger partial charge in [-0.1, -0.05) is 28.9 Å². The van der Waals surface area contributed by atoms with Crippen molar-refractivity contribution >= 4 is 34.5 Å². The molecule has 4 aromatic heterocycles. The second-order valence-corrected chi connectivity index (χ2v) is 7.61. The largest absolute Gasteiger partial charge is 0.467 e. The first-order valence-corrected chi connectivity index (χ1v) is 10.1. The Morgan fingerprint density at radius 3 is 2.77 bits per heavy atom. The molecule has 0 amide bonds. The van der Waals surface area contributed by atoms with Crippen molar-refractivity contribution in [2.45, 2.75) is 27.0 Å². The van der Waals surface area contributed by atoms with E-state index in [1.54, 1.807) is 35.5 Å². The van der Waals surface area contributed by atoms with Crippen molar-refractivity contribution in [2.24, 2.45) is 5.16 Å². The summed E-state index contributed by atoms with van der Waals surface area (Å²) in [7, 11) is 0. The lowest BCUT2D eigenvalue weighted by molar-refractivity contribution is 0.126. The van der Waals surface area contributed by atoms with Gasteiger partial charge in [-0.05, 0) is 49.2 Å². The van der Waals surface area contributed by atoms with E-state index in [1.165, 1.54) is 0 Å². The molecule has 4 heterocycles. The fraction of sp³-hybridized carbons (Fsp3) is 0.182. The summed E-state index contributed by atoms with van der Waals surface area (Å²) >= 11 is 5.88. The number of nitrogens with zero attached hydrogens (tertiary/aromatic N) is 6. The number of furan rings is 1. The average Bonchev–Trinajstić information content (AvgIpc) is 3.48. The minimum Gasteiger partial charge on any atom is -0.467 e. The highest BCUT2D eigenvalue weighted by molar-refractivity contribution is 6.30. The fourth-order valence-corrected chi connectivity index (χ4v) is 3.66. The second-order valence-electron chi connectivity index (χ2n) is 7.17. The zero-order valence-corrected chi connectivity index (χ0v) is 17.7. The molecule has 0 saturated heterocycles. The van der Waals surface area contributed by atoms with Crippen LogP contribution in [0.5, 0.6) is 0 Å². The third kappa shape index (κ3) is 3.66. The molecule has 0 N–H and O–H groups in total. The lowest BCUT2D eigenvalue weighted by atomic mass is 10.2. The number of aromatic nitrogens is 5. The third-order valence-electron chi connectivity index (χ3n) is 5.22. The third-order valence-corrected chi connectivity index (χ3v) is 5.48. The van der Waals surface area contributed by atoms with E-state index in [4.69, 9.17) is 20.9 Å². The highest BCUT2D eigenvalue weighted by Gasteiger charge is 2.18. The zero-order valence-electron chi connectivity index (χ0n) is 17.0. The molecule has 0 unspecified atom stereocenters. The molecule has 0 bridgehead atoms. The van der Waals surface area contributed by atoms with Gasteiger partial charge in [-0.15, -0.1) is 5.10 Å². The summed E-state index contributed by atoms with van der Waals surface area (Å²) in [6.07, 6.45) is 4.96. The predicted octanol–water partition coefficient (Wildman–Crippen LogP) is 4.54. The van der Waals surface area contributed by atoms with E-state index in [1.807, 2.05) is 24.3 Å². The van der Waals surface area contributed by atoms with Crippen LogP contribution in [-0.2, 0) is 18.0 Å². The van der Waals surface area contributed by atoms with Crippen LogP contribution in [0.3, 0.4) is 0 Å². The zero-order chi connectivity index (χ0) is 21.4. The van der Waals surface area contributed by atoms with Gasteiger partial charge in [0.25, 0.3) is 0 Å². The first-order valence-electron chi connectivity index (χ1n) is 9.73. The summed E-state index contributed by atoms with van der Waals surface area (Å²) in [4.78, 5) is 14.7. The van der Waals surface area contributed by atoms with Gasteiger partial charge >= 0.3 is 0 Å². The van der Waals surface area contributed by atoms with Crippen LogP contribution in [0.25, 0.3) is 16.7 Å². The molecule has 0 aliphatic carbocycles. The minimum atomic E-state index is 0.151. The van der Waals surface area contributed by atoms with Gasteiger partial charge in [-0.2, -0.15) is 0 Å². The van der Waals surface area contributed by atoms with Crippen LogP contribution in [0.15, 0.2) is 58.6 Å². The molecule has 8 nitrogen and oxygen atoms in total. The molecule has 0 fully saturated rings. The molecule has 0 saturated carbocycles. The van der Waals surface area contributed by atoms with Crippen molar-refractivity contribution in [2.75, 3.05) is 0 Å². The number of benzene rings is 1. The van der Waals surface area contributed by atoms with Crippen molar-refractivity contribution in [1.29, 1.82) is 0 Å². The number of oxime groups is 1. The summed E-state index contributed by atoms with van der Waals surface area (Å²) in [5.41, 5.74) is 4.70. The van der Waals surface area contributed by atoms with E-state index in [2.05, 4.69) is 38.6 Å².